The first-order valence-electron chi connectivity index (χ1n) is 10.8. The van der Waals surface area contributed by atoms with Crippen LogP contribution in [0.25, 0.3) is 10.9 Å². The lowest BCUT2D eigenvalue weighted by Crippen LogP contribution is -2.49. The number of halogens is 1. The molecule has 7 heteroatoms. The van der Waals surface area contributed by atoms with Crippen molar-refractivity contribution in [2.24, 2.45) is 17.4 Å². The first-order chi connectivity index (χ1) is 14.9. The van der Waals surface area contributed by atoms with E-state index in [2.05, 4.69) is 4.57 Å². The zero-order valence-corrected chi connectivity index (χ0v) is 17.0. The maximum absolute atomic E-state index is 14.0. The van der Waals surface area contributed by atoms with Gasteiger partial charge in [-0.15, -0.1) is 0 Å². The summed E-state index contributed by atoms with van der Waals surface area (Å²) in [6, 6.07) is 9.41. The van der Waals surface area contributed by atoms with E-state index in [-0.39, 0.29) is 17.3 Å². The van der Waals surface area contributed by atoms with Gasteiger partial charge in [-0.2, -0.15) is 0 Å². The van der Waals surface area contributed by atoms with Gasteiger partial charge in [0, 0.05) is 34.6 Å². The van der Waals surface area contributed by atoms with Gasteiger partial charge in [0.15, 0.2) is 0 Å². The number of ether oxygens (including phenoxy) is 1. The molecule has 160 valence electrons. The third kappa shape index (κ3) is 2.60. The molecule has 1 fully saturated rings. The number of benzene rings is 2. The van der Waals surface area contributed by atoms with Gasteiger partial charge in [0.25, 0.3) is 0 Å². The molecule has 2 unspecified atom stereocenters. The third-order valence-corrected chi connectivity index (χ3v) is 7.30. The van der Waals surface area contributed by atoms with Gasteiger partial charge in [-0.25, -0.2) is 9.18 Å². The molecule has 6 rings (SSSR count). The maximum Gasteiger partial charge on any atom is 0.335 e. The van der Waals surface area contributed by atoms with Gasteiger partial charge in [-0.1, -0.05) is 0 Å². The summed E-state index contributed by atoms with van der Waals surface area (Å²) >= 11 is 0. The summed E-state index contributed by atoms with van der Waals surface area (Å²) in [5, 5.41) is 10.4. The number of aromatic nitrogens is 1. The molecule has 0 saturated heterocycles. The minimum Gasteiger partial charge on any atom is -0.493 e. The van der Waals surface area contributed by atoms with Gasteiger partial charge in [0.2, 0.25) is 0 Å². The van der Waals surface area contributed by atoms with E-state index in [0.717, 1.165) is 34.3 Å². The van der Waals surface area contributed by atoms with E-state index in [1.807, 2.05) is 12.1 Å². The molecule has 0 amide bonds. The van der Waals surface area contributed by atoms with E-state index in [9.17, 15) is 14.3 Å². The average molecular weight is 421 g/mol. The van der Waals surface area contributed by atoms with Crippen LogP contribution in [0.2, 0.25) is 0 Å². The van der Waals surface area contributed by atoms with Gasteiger partial charge in [0.05, 0.1) is 23.8 Å². The molecule has 5 N–H and O–H groups in total. The Labute approximate surface area is 178 Å². The summed E-state index contributed by atoms with van der Waals surface area (Å²) in [6.07, 6.45) is 3.04. The fraction of sp³-hybridized carbons (Fsp3) is 0.375. The van der Waals surface area contributed by atoms with E-state index in [1.165, 1.54) is 25.0 Å². The van der Waals surface area contributed by atoms with Crippen LogP contribution < -0.4 is 16.2 Å². The largest absolute Gasteiger partial charge is 0.493 e. The summed E-state index contributed by atoms with van der Waals surface area (Å²) < 4.78 is 22.0. The van der Waals surface area contributed by atoms with Crippen LogP contribution in [-0.2, 0) is 12.1 Å². The molecule has 3 aliphatic rings. The highest BCUT2D eigenvalue weighted by Crippen LogP contribution is 2.58. The second kappa shape index (κ2) is 6.31. The Morgan fingerprint density at radius 1 is 1.23 bits per heavy atom. The van der Waals surface area contributed by atoms with Crippen LogP contribution in [0.15, 0.2) is 36.4 Å². The van der Waals surface area contributed by atoms with E-state index >= 15 is 0 Å². The number of hydrogen-bond acceptors (Lipinski definition) is 4. The van der Waals surface area contributed by atoms with Gasteiger partial charge < -0.3 is 25.9 Å². The molecular weight excluding hydrogens is 397 g/mol. The van der Waals surface area contributed by atoms with Crippen LogP contribution in [0.3, 0.4) is 0 Å². The van der Waals surface area contributed by atoms with E-state index in [1.54, 1.807) is 12.1 Å². The lowest BCUT2D eigenvalue weighted by Gasteiger charge is -2.38. The molecular formula is C24H24FN3O3. The first kappa shape index (κ1) is 18.8. The van der Waals surface area contributed by atoms with Gasteiger partial charge in [0.1, 0.15) is 11.6 Å². The Hall–Kier alpha value is -2.90. The molecule has 1 aromatic heterocycles. The highest BCUT2D eigenvalue weighted by atomic mass is 19.1. The van der Waals surface area contributed by atoms with Crippen LogP contribution in [0.1, 0.15) is 58.4 Å². The summed E-state index contributed by atoms with van der Waals surface area (Å²) in [4.78, 5) is 11.7. The van der Waals surface area contributed by atoms with Crippen molar-refractivity contribution in [2.75, 3.05) is 6.61 Å². The SMILES string of the molecule is NC1c2cc(C(=O)O)cc3c2C(CCO3)[C@]1(N)c1cc2cc(F)ccc2n1CC1CC1. The van der Waals surface area contributed by atoms with Crippen molar-refractivity contribution < 1.29 is 19.0 Å². The highest BCUT2D eigenvalue weighted by molar-refractivity contribution is 5.89. The molecule has 2 aliphatic carbocycles. The smallest absolute Gasteiger partial charge is 0.335 e. The van der Waals surface area contributed by atoms with Gasteiger partial charge >= 0.3 is 5.97 Å². The minimum atomic E-state index is -1.02. The molecule has 31 heavy (non-hydrogen) atoms. The van der Waals surface area contributed by atoms with Crippen molar-refractivity contribution >= 4 is 16.9 Å². The number of carboxylic acids is 1. The number of carboxylic acid groups (broad SMARTS) is 1. The number of nitrogens with two attached hydrogens (primary N) is 2. The number of nitrogens with zero attached hydrogens (tertiary/aromatic N) is 1. The highest BCUT2D eigenvalue weighted by Gasteiger charge is 2.54. The molecule has 2 aromatic carbocycles. The molecule has 1 aliphatic heterocycles. The van der Waals surface area contributed by atoms with Crippen molar-refractivity contribution in [3.8, 4) is 5.75 Å². The summed E-state index contributed by atoms with van der Waals surface area (Å²) in [7, 11) is 0. The Kier molecular flexibility index (Phi) is 3.83. The van der Waals surface area contributed by atoms with Crippen LogP contribution in [0, 0.1) is 11.7 Å². The predicted octanol–water partition coefficient (Wildman–Crippen LogP) is 3.62. The summed E-state index contributed by atoms with van der Waals surface area (Å²) in [5.41, 5.74) is 16.7. The number of aromatic carboxylic acids is 1. The maximum atomic E-state index is 14.0. The zero-order chi connectivity index (χ0) is 21.5. The Morgan fingerprint density at radius 3 is 2.77 bits per heavy atom. The minimum absolute atomic E-state index is 0.101. The number of rotatable bonds is 4. The molecule has 0 radical (unpaired) electrons. The topological polar surface area (TPSA) is 104 Å². The lowest BCUT2D eigenvalue weighted by molar-refractivity contribution is 0.0696. The number of hydrogen-bond donors (Lipinski definition) is 3. The fourth-order valence-electron chi connectivity index (χ4n) is 5.60. The average Bonchev–Trinajstić information content (AvgIpc) is 3.46. The molecule has 1 saturated carbocycles. The summed E-state index contributed by atoms with van der Waals surface area (Å²) in [5.74, 6) is -0.259. The van der Waals surface area contributed by atoms with Crippen molar-refractivity contribution in [3.63, 3.8) is 0 Å². The molecule has 0 bridgehead atoms. The molecule has 3 aromatic rings. The molecule has 6 nitrogen and oxygen atoms in total. The number of fused-ring (bicyclic) bond motifs is 1. The summed E-state index contributed by atoms with van der Waals surface area (Å²) in [6.45, 7) is 1.27. The third-order valence-electron chi connectivity index (χ3n) is 7.30. The van der Waals surface area contributed by atoms with Crippen molar-refractivity contribution in [2.45, 2.75) is 43.3 Å². The standard InChI is InChI=1S/C24H24FN3O3/c25-15-3-4-18-13(7-15)10-20(28(18)11-12-1-2-12)24(27)17-5-6-31-19-9-14(23(29)30)8-16(21(17)19)22(24)26/h3-4,7-10,12,17,22H,1-2,5-6,11,26-27H2,(H,29,30)/t17?,22?,24-/m0/s1. The van der Waals surface area contributed by atoms with Crippen molar-refractivity contribution in [1.29, 1.82) is 0 Å². The zero-order valence-electron chi connectivity index (χ0n) is 17.0. The van der Waals surface area contributed by atoms with Gasteiger partial charge in [-0.05, 0) is 67.1 Å². The molecule has 2 heterocycles. The first-order valence-corrected chi connectivity index (χ1v) is 10.8. The van der Waals surface area contributed by atoms with E-state index in [0.29, 0.717) is 24.7 Å². The Balaban J connectivity index is 1.58. The predicted molar refractivity (Wildman–Crippen MR) is 114 cm³/mol. The lowest BCUT2D eigenvalue weighted by atomic mass is 9.77. The monoisotopic (exact) mass is 421 g/mol. The Bertz CT molecular complexity index is 1250. The fourth-order valence-corrected chi connectivity index (χ4v) is 5.60. The molecule has 0 spiro atoms. The second-order valence-corrected chi connectivity index (χ2v) is 9.17. The quantitative estimate of drug-likeness (QED) is 0.597. The van der Waals surface area contributed by atoms with Gasteiger partial charge in [-0.3, -0.25) is 0 Å². The van der Waals surface area contributed by atoms with Crippen molar-refractivity contribution in [3.05, 3.63) is 64.6 Å². The van der Waals surface area contributed by atoms with Crippen LogP contribution in [0.5, 0.6) is 5.75 Å². The van der Waals surface area contributed by atoms with E-state index in [4.69, 9.17) is 16.2 Å². The normalized spacial score (nSPS) is 26.7. The Morgan fingerprint density at radius 2 is 2.03 bits per heavy atom. The second-order valence-electron chi connectivity index (χ2n) is 9.17. The van der Waals surface area contributed by atoms with Crippen LogP contribution in [-0.4, -0.2) is 22.2 Å². The van der Waals surface area contributed by atoms with Crippen LogP contribution in [0.4, 0.5) is 4.39 Å². The van der Waals surface area contributed by atoms with E-state index < -0.39 is 17.6 Å². The molecule has 3 atom stereocenters. The van der Waals surface area contributed by atoms with Crippen molar-refractivity contribution in [1.82, 2.24) is 4.57 Å². The number of carbonyl (C=O) groups is 1. The van der Waals surface area contributed by atoms with Crippen LogP contribution >= 0.6 is 0 Å².